The van der Waals surface area contributed by atoms with Gasteiger partial charge in [0.15, 0.2) is 5.75 Å². The van der Waals surface area contributed by atoms with E-state index in [-0.39, 0.29) is 12.3 Å². The van der Waals surface area contributed by atoms with Crippen LogP contribution >= 0.6 is 0 Å². The molecule has 0 aliphatic carbocycles. The molecule has 0 radical (unpaired) electrons. The summed E-state index contributed by atoms with van der Waals surface area (Å²) in [7, 11) is 0. The Balaban J connectivity index is 1.62. The minimum Gasteiger partial charge on any atom is -0.423 e. The fourth-order valence-corrected chi connectivity index (χ4v) is 2.46. The second-order valence-corrected chi connectivity index (χ2v) is 5.42. The van der Waals surface area contributed by atoms with Crippen LogP contribution in [0.2, 0.25) is 0 Å². The van der Waals surface area contributed by atoms with Gasteiger partial charge in [-0.2, -0.15) is 0 Å². The number of rotatable bonds is 4. The van der Waals surface area contributed by atoms with Gasteiger partial charge >= 0.3 is 5.97 Å². The summed E-state index contributed by atoms with van der Waals surface area (Å²) in [5.41, 5.74) is 2.64. The predicted molar refractivity (Wildman–Crippen MR) is 88.6 cm³/mol. The molecular weight excluding hydrogens is 292 g/mol. The lowest BCUT2D eigenvalue weighted by Crippen LogP contribution is -2.39. The summed E-state index contributed by atoms with van der Waals surface area (Å²) in [6.07, 6.45) is 0.966. The molecule has 2 N–H and O–H groups in total. The maximum atomic E-state index is 12.1. The Morgan fingerprint density at radius 2 is 1.91 bits per heavy atom. The molecule has 1 heterocycles. The molecule has 118 valence electrons. The molecule has 0 saturated heterocycles. The number of amides is 1. The van der Waals surface area contributed by atoms with Crippen molar-refractivity contribution in [3.63, 3.8) is 0 Å². The summed E-state index contributed by atoms with van der Waals surface area (Å²) in [4.78, 5) is 24.1. The predicted octanol–water partition coefficient (Wildman–Crippen LogP) is 2.98. The molecule has 0 bridgehead atoms. The van der Waals surface area contributed by atoms with Gasteiger partial charge in [0.25, 0.3) is 0 Å². The summed E-state index contributed by atoms with van der Waals surface area (Å²) in [6, 6.07) is 14.1. The lowest BCUT2D eigenvalue weighted by molar-refractivity contribution is -0.137. The lowest BCUT2D eigenvalue weighted by atomic mass is 10.1. The molecule has 23 heavy (non-hydrogen) atoms. The fraction of sp³-hybridized carbons (Fsp3) is 0.222. The van der Waals surface area contributed by atoms with Crippen molar-refractivity contribution in [2.45, 2.75) is 25.8 Å². The topological polar surface area (TPSA) is 67.4 Å². The molecule has 0 fully saturated rings. The van der Waals surface area contributed by atoms with Crippen LogP contribution in [0.1, 0.15) is 18.9 Å². The van der Waals surface area contributed by atoms with Gasteiger partial charge in [0.1, 0.15) is 6.04 Å². The first kappa shape index (κ1) is 15.1. The Labute approximate surface area is 134 Å². The third-order valence-electron chi connectivity index (χ3n) is 3.75. The fourth-order valence-electron chi connectivity index (χ4n) is 2.46. The van der Waals surface area contributed by atoms with Crippen LogP contribution in [0.25, 0.3) is 0 Å². The summed E-state index contributed by atoms with van der Waals surface area (Å²) in [5.74, 6) is -0.187. The number of carbonyl (C=O) groups is 2. The number of carbonyl (C=O) groups excluding carboxylic acids is 2. The van der Waals surface area contributed by atoms with Crippen LogP contribution in [0.4, 0.5) is 11.4 Å². The molecule has 3 rings (SSSR count). The van der Waals surface area contributed by atoms with Crippen LogP contribution in [0.5, 0.6) is 5.75 Å². The van der Waals surface area contributed by atoms with Crippen molar-refractivity contribution >= 4 is 23.3 Å². The Morgan fingerprint density at radius 3 is 2.65 bits per heavy atom. The number of benzene rings is 2. The minimum atomic E-state index is -0.681. The van der Waals surface area contributed by atoms with Crippen molar-refractivity contribution in [2.24, 2.45) is 0 Å². The molecule has 1 atom stereocenters. The number of aryl methyl sites for hydroxylation is 1. The van der Waals surface area contributed by atoms with E-state index < -0.39 is 12.0 Å². The third kappa shape index (κ3) is 3.51. The van der Waals surface area contributed by atoms with Crippen LogP contribution < -0.4 is 15.4 Å². The molecule has 1 aliphatic rings. The zero-order chi connectivity index (χ0) is 16.2. The highest BCUT2D eigenvalue weighted by Crippen LogP contribution is 2.29. The molecule has 5 heteroatoms. The normalized spacial score (nSPS) is 16.0. The first-order valence-electron chi connectivity index (χ1n) is 7.62. The van der Waals surface area contributed by atoms with Gasteiger partial charge in [0.05, 0.1) is 12.1 Å². The SMILES string of the molecule is CCc1ccc(NC(=O)C[C@H]2Nc3ccccc3OC2=O)cc1. The maximum Gasteiger partial charge on any atom is 0.334 e. The highest BCUT2D eigenvalue weighted by molar-refractivity contribution is 5.97. The highest BCUT2D eigenvalue weighted by atomic mass is 16.5. The molecule has 1 aliphatic heterocycles. The van der Waals surface area contributed by atoms with Crippen molar-refractivity contribution in [1.29, 1.82) is 0 Å². The van der Waals surface area contributed by atoms with Crippen molar-refractivity contribution < 1.29 is 14.3 Å². The van der Waals surface area contributed by atoms with Crippen molar-refractivity contribution in [3.05, 3.63) is 54.1 Å². The van der Waals surface area contributed by atoms with Gasteiger partial charge in [-0.05, 0) is 36.2 Å². The van der Waals surface area contributed by atoms with E-state index in [2.05, 4.69) is 17.6 Å². The van der Waals surface area contributed by atoms with E-state index in [1.165, 1.54) is 5.56 Å². The molecule has 1 amide bonds. The maximum absolute atomic E-state index is 12.1. The van der Waals surface area contributed by atoms with Gasteiger partial charge in [0.2, 0.25) is 5.91 Å². The van der Waals surface area contributed by atoms with Gasteiger partial charge in [-0.3, -0.25) is 4.79 Å². The average molecular weight is 310 g/mol. The summed E-state index contributed by atoms with van der Waals surface area (Å²) < 4.78 is 5.24. The van der Waals surface area contributed by atoms with E-state index in [9.17, 15) is 9.59 Å². The first-order valence-corrected chi connectivity index (χ1v) is 7.62. The number of esters is 1. The van der Waals surface area contributed by atoms with Crippen molar-refractivity contribution in [2.75, 3.05) is 10.6 Å². The van der Waals surface area contributed by atoms with Gasteiger partial charge in [-0.15, -0.1) is 0 Å². The minimum absolute atomic E-state index is 0.0166. The average Bonchev–Trinajstić information content (AvgIpc) is 2.56. The zero-order valence-corrected chi connectivity index (χ0v) is 12.8. The van der Waals surface area contributed by atoms with Crippen LogP contribution in [-0.4, -0.2) is 17.9 Å². The lowest BCUT2D eigenvalue weighted by Gasteiger charge is -2.25. The van der Waals surface area contributed by atoms with Crippen LogP contribution in [0.15, 0.2) is 48.5 Å². The Kier molecular flexibility index (Phi) is 4.28. The summed E-state index contributed by atoms with van der Waals surface area (Å²) >= 11 is 0. The number of nitrogens with one attached hydrogen (secondary N) is 2. The molecule has 0 saturated carbocycles. The van der Waals surface area contributed by atoms with E-state index in [0.29, 0.717) is 5.75 Å². The number of hydrogen-bond acceptors (Lipinski definition) is 4. The number of fused-ring (bicyclic) bond motifs is 1. The molecule has 0 aromatic heterocycles. The Morgan fingerprint density at radius 1 is 1.17 bits per heavy atom. The van der Waals surface area contributed by atoms with E-state index >= 15 is 0 Å². The number of para-hydroxylation sites is 2. The molecular formula is C18H18N2O3. The number of anilines is 2. The van der Waals surface area contributed by atoms with Crippen LogP contribution in [0.3, 0.4) is 0 Å². The quantitative estimate of drug-likeness (QED) is 0.673. The van der Waals surface area contributed by atoms with Crippen molar-refractivity contribution in [3.8, 4) is 5.75 Å². The summed E-state index contributed by atoms with van der Waals surface area (Å²) in [6.45, 7) is 2.08. The molecule has 2 aromatic carbocycles. The highest BCUT2D eigenvalue weighted by Gasteiger charge is 2.29. The second-order valence-electron chi connectivity index (χ2n) is 5.42. The van der Waals surface area contributed by atoms with Gasteiger partial charge in [0, 0.05) is 5.69 Å². The van der Waals surface area contributed by atoms with E-state index in [1.807, 2.05) is 36.4 Å². The third-order valence-corrected chi connectivity index (χ3v) is 3.75. The van der Waals surface area contributed by atoms with Gasteiger partial charge in [-0.1, -0.05) is 31.2 Å². The number of ether oxygens (including phenoxy) is 1. The number of hydrogen-bond donors (Lipinski definition) is 2. The Hall–Kier alpha value is -2.82. The monoisotopic (exact) mass is 310 g/mol. The molecule has 0 unspecified atom stereocenters. The zero-order valence-electron chi connectivity index (χ0n) is 12.8. The van der Waals surface area contributed by atoms with E-state index in [0.717, 1.165) is 17.8 Å². The summed E-state index contributed by atoms with van der Waals surface area (Å²) in [5, 5.41) is 5.84. The van der Waals surface area contributed by atoms with Crippen molar-refractivity contribution in [1.82, 2.24) is 0 Å². The van der Waals surface area contributed by atoms with Crippen LogP contribution in [-0.2, 0) is 16.0 Å². The standard InChI is InChI=1S/C18H18N2O3/c1-2-12-7-9-13(10-8-12)19-17(21)11-15-18(22)23-16-6-4-3-5-14(16)20-15/h3-10,15,20H,2,11H2,1H3,(H,19,21)/t15-/m1/s1. The molecule has 5 nitrogen and oxygen atoms in total. The van der Waals surface area contributed by atoms with E-state index in [4.69, 9.17) is 4.74 Å². The second kappa shape index (κ2) is 6.52. The van der Waals surface area contributed by atoms with Gasteiger partial charge in [-0.25, -0.2) is 4.79 Å². The molecule has 0 spiro atoms. The van der Waals surface area contributed by atoms with E-state index in [1.54, 1.807) is 12.1 Å². The molecule has 2 aromatic rings. The smallest absolute Gasteiger partial charge is 0.334 e. The van der Waals surface area contributed by atoms with Gasteiger partial charge < -0.3 is 15.4 Å². The largest absolute Gasteiger partial charge is 0.423 e. The van der Waals surface area contributed by atoms with Crippen LogP contribution in [0, 0.1) is 0 Å². The Bertz CT molecular complexity index is 725. The first-order chi connectivity index (χ1) is 11.2.